The van der Waals surface area contributed by atoms with Crippen LogP contribution in [0, 0.1) is 0 Å². The number of nitrogens with zero attached hydrogens (tertiary/aromatic N) is 2. The number of nitrogens with one attached hydrogen (secondary N) is 2. The summed E-state index contributed by atoms with van der Waals surface area (Å²) in [5, 5.41) is 6.32. The fourth-order valence-electron chi connectivity index (χ4n) is 3.12. The van der Waals surface area contributed by atoms with E-state index < -0.39 is 27.8 Å². The van der Waals surface area contributed by atoms with Gasteiger partial charge in [0.25, 0.3) is 15.9 Å². The number of carbonyl (C=O) groups excluding carboxylic acids is 1. The summed E-state index contributed by atoms with van der Waals surface area (Å²) in [7, 11) is -3.83. The first kappa shape index (κ1) is 23.1. The van der Waals surface area contributed by atoms with Gasteiger partial charge < -0.3 is 5.32 Å². The van der Waals surface area contributed by atoms with Crippen molar-refractivity contribution in [1.82, 2.24) is 9.78 Å². The van der Waals surface area contributed by atoms with Crippen molar-refractivity contribution in [2.75, 3.05) is 10.0 Å². The quantitative estimate of drug-likeness (QED) is 0.404. The molecule has 4 rings (SSSR count). The summed E-state index contributed by atoms with van der Waals surface area (Å²) in [6.45, 7) is 0. The molecule has 0 spiro atoms. The summed E-state index contributed by atoms with van der Waals surface area (Å²) >= 11 is 0. The highest BCUT2D eigenvalue weighted by Gasteiger charge is 2.35. The number of rotatable bonds is 6. The normalized spacial score (nSPS) is 11.7. The van der Waals surface area contributed by atoms with Gasteiger partial charge in [0.1, 0.15) is 5.69 Å². The molecule has 1 amide bonds. The van der Waals surface area contributed by atoms with Crippen molar-refractivity contribution in [1.29, 1.82) is 0 Å². The Hall–Kier alpha value is -4.12. The Labute approximate surface area is 192 Å². The van der Waals surface area contributed by atoms with Gasteiger partial charge in [-0.2, -0.15) is 18.3 Å². The lowest BCUT2D eigenvalue weighted by atomic mass is 10.2. The molecule has 1 heterocycles. The van der Waals surface area contributed by atoms with Crippen LogP contribution < -0.4 is 10.0 Å². The molecule has 0 bridgehead atoms. The number of alkyl halides is 3. The SMILES string of the molecule is O=C(Nc1ccc(-n2nccc2C(F)(F)F)cc1)c1ccc(S(=O)(=O)Nc2ccccc2)cc1. The predicted octanol–water partition coefficient (Wildman–Crippen LogP) is 4.94. The molecule has 3 aromatic carbocycles. The van der Waals surface area contributed by atoms with Crippen LogP contribution in [0.4, 0.5) is 24.5 Å². The number of anilines is 2. The molecule has 2 N–H and O–H groups in total. The number of para-hydroxylation sites is 1. The van der Waals surface area contributed by atoms with Crippen molar-refractivity contribution < 1.29 is 26.4 Å². The Morgan fingerprint density at radius 3 is 2.09 bits per heavy atom. The lowest BCUT2D eigenvalue weighted by Crippen LogP contribution is -2.15. The maximum atomic E-state index is 13.1. The van der Waals surface area contributed by atoms with E-state index in [0.29, 0.717) is 11.4 Å². The second-order valence-corrected chi connectivity index (χ2v) is 8.81. The van der Waals surface area contributed by atoms with Crippen molar-refractivity contribution in [3.8, 4) is 5.69 Å². The van der Waals surface area contributed by atoms with Crippen molar-refractivity contribution >= 4 is 27.3 Å². The number of hydrogen-bond donors (Lipinski definition) is 2. The van der Waals surface area contributed by atoms with Crippen LogP contribution in [0.3, 0.4) is 0 Å². The van der Waals surface area contributed by atoms with Crippen LogP contribution >= 0.6 is 0 Å². The van der Waals surface area contributed by atoms with E-state index in [1.165, 1.54) is 48.5 Å². The molecular weight excluding hydrogens is 469 g/mol. The molecule has 0 atom stereocenters. The minimum absolute atomic E-state index is 0.0167. The van der Waals surface area contributed by atoms with E-state index in [9.17, 15) is 26.4 Å². The molecule has 0 saturated heterocycles. The fraction of sp³-hybridized carbons (Fsp3) is 0.0435. The Morgan fingerprint density at radius 1 is 0.824 bits per heavy atom. The zero-order valence-electron chi connectivity index (χ0n) is 17.3. The van der Waals surface area contributed by atoms with Gasteiger partial charge in [-0.1, -0.05) is 18.2 Å². The smallest absolute Gasteiger partial charge is 0.322 e. The second kappa shape index (κ2) is 9.02. The number of halogens is 3. The Morgan fingerprint density at radius 2 is 1.47 bits per heavy atom. The van der Waals surface area contributed by atoms with Crippen LogP contribution in [0.15, 0.2) is 96.0 Å². The van der Waals surface area contributed by atoms with E-state index in [2.05, 4.69) is 15.1 Å². The molecule has 174 valence electrons. The first-order chi connectivity index (χ1) is 16.1. The number of carbonyl (C=O) groups is 1. The van der Waals surface area contributed by atoms with Crippen molar-refractivity contribution in [2.45, 2.75) is 11.1 Å². The summed E-state index contributed by atoms with van der Waals surface area (Å²) in [5.41, 5.74) is 0.216. The van der Waals surface area contributed by atoms with Crippen LogP contribution in [0.5, 0.6) is 0 Å². The van der Waals surface area contributed by atoms with E-state index in [1.54, 1.807) is 30.3 Å². The maximum Gasteiger partial charge on any atom is 0.433 e. The maximum absolute atomic E-state index is 13.1. The Kier molecular flexibility index (Phi) is 6.12. The number of benzene rings is 3. The molecule has 1 aromatic heterocycles. The predicted molar refractivity (Wildman–Crippen MR) is 120 cm³/mol. The summed E-state index contributed by atoms with van der Waals surface area (Å²) in [5.74, 6) is -0.511. The highest BCUT2D eigenvalue weighted by atomic mass is 32.2. The van der Waals surface area contributed by atoms with Crippen molar-refractivity contribution in [3.63, 3.8) is 0 Å². The zero-order valence-corrected chi connectivity index (χ0v) is 18.1. The van der Waals surface area contributed by atoms with Gasteiger partial charge in [0.15, 0.2) is 0 Å². The average molecular weight is 486 g/mol. The minimum Gasteiger partial charge on any atom is -0.322 e. The summed E-state index contributed by atoms with van der Waals surface area (Å²) < 4.78 is 67.4. The van der Waals surface area contributed by atoms with Gasteiger partial charge >= 0.3 is 6.18 Å². The van der Waals surface area contributed by atoms with Crippen LogP contribution in [0.2, 0.25) is 0 Å². The van der Waals surface area contributed by atoms with E-state index >= 15 is 0 Å². The Bertz CT molecular complexity index is 1400. The van der Waals surface area contributed by atoms with Crippen LogP contribution in [-0.4, -0.2) is 24.1 Å². The summed E-state index contributed by atoms with van der Waals surface area (Å²) in [6, 6.07) is 20.3. The first-order valence-corrected chi connectivity index (χ1v) is 11.3. The molecule has 11 heteroatoms. The molecule has 0 fully saturated rings. The summed E-state index contributed by atoms with van der Waals surface area (Å²) in [4.78, 5) is 12.5. The lowest BCUT2D eigenvalue weighted by Gasteiger charge is -2.11. The average Bonchev–Trinajstić information content (AvgIpc) is 3.31. The van der Waals surface area contributed by atoms with Crippen molar-refractivity contribution in [2.24, 2.45) is 0 Å². The van der Waals surface area contributed by atoms with Crippen LogP contribution in [0.25, 0.3) is 5.69 Å². The van der Waals surface area contributed by atoms with Gasteiger partial charge in [-0.3, -0.25) is 9.52 Å². The number of amides is 1. The molecule has 34 heavy (non-hydrogen) atoms. The number of aromatic nitrogens is 2. The molecule has 0 saturated carbocycles. The third kappa shape index (κ3) is 5.09. The zero-order chi connectivity index (χ0) is 24.3. The van der Waals surface area contributed by atoms with Gasteiger partial charge in [0.2, 0.25) is 0 Å². The van der Waals surface area contributed by atoms with Gasteiger partial charge in [-0.05, 0) is 66.7 Å². The first-order valence-electron chi connectivity index (χ1n) is 9.84. The molecule has 0 aliphatic carbocycles. The second-order valence-electron chi connectivity index (χ2n) is 7.12. The standard InChI is InChI=1S/C23H17F3N4O3S/c24-23(25,26)21-14-15-27-30(21)19-10-8-17(9-11-19)28-22(31)16-6-12-20(13-7-16)34(32,33)29-18-4-2-1-3-5-18/h1-15,29H,(H,28,31). The van der Waals surface area contributed by atoms with E-state index in [-0.39, 0.29) is 16.1 Å². The Balaban J connectivity index is 1.45. The third-order valence-corrected chi connectivity index (χ3v) is 6.15. The number of hydrogen-bond acceptors (Lipinski definition) is 4. The molecule has 0 aliphatic heterocycles. The third-order valence-electron chi connectivity index (χ3n) is 4.76. The monoisotopic (exact) mass is 486 g/mol. The molecule has 0 radical (unpaired) electrons. The van der Waals surface area contributed by atoms with Gasteiger partial charge in [-0.15, -0.1) is 0 Å². The summed E-state index contributed by atoms with van der Waals surface area (Å²) in [6.07, 6.45) is -3.50. The highest BCUT2D eigenvalue weighted by Crippen LogP contribution is 2.30. The molecule has 0 unspecified atom stereocenters. The van der Waals surface area contributed by atoms with E-state index in [4.69, 9.17) is 0 Å². The largest absolute Gasteiger partial charge is 0.433 e. The molecular formula is C23H17F3N4O3S. The van der Waals surface area contributed by atoms with Gasteiger partial charge in [0, 0.05) is 16.9 Å². The lowest BCUT2D eigenvalue weighted by molar-refractivity contribution is -0.142. The molecule has 4 aromatic rings. The van der Waals surface area contributed by atoms with Crippen LogP contribution in [0.1, 0.15) is 16.1 Å². The van der Waals surface area contributed by atoms with E-state index in [1.807, 2.05) is 0 Å². The highest BCUT2D eigenvalue weighted by molar-refractivity contribution is 7.92. The van der Waals surface area contributed by atoms with Crippen molar-refractivity contribution in [3.05, 3.63) is 102 Å². The van der Waals surface area contributed by atoms with Crippen LogP contribution in [-0.2, 0) is 16.2 Å². The molecule has 7 nitrogen and oxygen atoms in total. The number of sulfonamides is 1. The minimum atomic E-state index is -4.56. The fourth-order valence-corrected chi connectivity index (χ4v) is 4.18. The molecule has 0 aliphatic rings. The topological polar surface area (TPSA) is 93.1 Å². The van der Waals surface area contributed by atoms with Gasteiger partial charge in [0.05, 0.1) is 16.8 Å². The van der Waals surface area contributed by atoms with E-state index in [0.717, 1.165) is 16.9 Å². The van der Waals surface area contributed by atoms with Gasteiger partial charge in [-0.25, -0.2) is 13.1 Å².